The molecule has 0 amide bonds. The zero-order valence-electron chi connectivity index (χ0n) is 12.7. The van der Waals surface area contributed by atoms with Gasteiger partial charge in [-0.3, -0.25) is 0 Å². The first-order valence-corrected chi connectivity index (χ1v) is 6.95. The fraction of sp³-hybridized carbons (Fsp3) is 0.125. The molecular weight excluding hydrogens is 296 g/mol. The molecule has 2 aromatic heterocycles. The van der Waals surface area contributed by atoms with E-state index in [-0.39, 0.29) is 11.6 Å². The summed E-state index contributed by atoms with van der Waals surface area (Å²) in [7, 11) is 0. The van der Waals surface area contributed by atoms with Gasteiger partial charge in [0.1, 0.15) is 17.1 Å². The van der Waals surface area contributed by atoms with Gasteiger partial charge >= 0.3 is 0 Å². The molecule has 0 bridgehead atoms. The fourth-order valence-corrected chi connectivity index (χ4v) is 2.58. The van der Waals surface area contributed by atoms with E-state index in [4.69, 9.17) is 15.5 Å². The SMILES string of the molecule is Cc1noc(C)c1-n1c(/C(N)=N/O)ccc1-c1ccc(O)cc1. The van der Waals surface area contributed by atoms with Gasteiger partial charge in [0.15, 0.2) is 11.6 Å². The van der Waals surface area contributed by atoms with Crippen molar-refractivity contribution in [1.82, 2.24) is 9.72 Å². The molecular formula is C16H16N4O3. The highest BCUT2D eigenvalue weighted by atomic mass is 16.5. The Morgan fingerprint density at radius 1 is 1.17 bits per heavy atom. The van der Waals surface area contributed by atoms with Crippen molar-refractivity contribution < 1.29 is 14.8 Å². The smallest absolute Gasteiger partial charge is 0.187 e. The third kappa shape index (κ3) is 2.42. The summed E-state index contributed by atoms with van der Waals surface area (Å²) in [5.41, 5.74) is 9.41. The molecule has 3 aromatic rings. The lowest BCUT2D eigenvalue weighted by Gasteiger charge is -2.13. The van der Waals surface area contributed by atoms with E-state index >= 15 is 0 Å². The van der Waals surface area contributed by atoms with Crippen LogP contribution in [-0.2, 0) is 0 Å². The Labute approximate surface area is 132 Å². The molecule has 0 saturated carbocycles. The van der Waals surface area contributed by atoms with Gasteiger partial charge in [-0.2, -0.15) is 0 Å². The van der Waals surface area contributed by atoms with Crippen LogP contribution in [-0.4, -0.2) is 25.9 Å². The highest BCUT2D eigenvalue weighted by Crippen LogP contribution is 2.30. The van der Waals surface area contributed by atoms with Gasteiger partial charge in [-0.05, 0) is 55.8 Å². The van der Waals surface area contributed by atoms with E-state index in [1.807, 2.05) is 17.6 Å². The summed E-state index contributed by atoms with van der Waals surface area (Å²) in [5, 5.41) is 25.6. The Morgan fingerprint density at radius 2 is 1.87 bits per heavy atom. The highest BCUT2D eigenvalue weighted by molar-refractivity contribution is 5.97. The van der Waals surface area contributed by atoms with Crippen LogP contribution in [0.15, 0.2) is 46.1 Å². The number of oxime groups is 1. The van der Waals surface area contributed by atoms with Gasteiger partial charge < -0.3 is 25.1 Å². The number of phenolic OH excluding ortho intramolecular Hbond substituents is 1. The lowest BCUT2D eigenvalue weighted by Crippen LogP contribution is -2.18. The lowest BCUT2D eigenvalue weighted by atomic mass is 10.1. The summed E-state index contributed by atoms with van der Waals surface area (Å²) in [6.45, 7) is 3.62. The van der Waals surface area contributed by atoms with Crippen LogP contribution >= 0.6 is 0 Å². The maximum Gasteiger partial charge on any atom is 0.187 e. The molecule has 0 atom stereocenters. The minimum atomic E-state index is -0.0185. The molecule has 7 heteroatoms. The number of phenols is 1. The molecule has 2 heterocycles. The number of rotatable bonds is 3. The monoisotopic (exact) mass is 312 g/mol. The third-order valence-corrected chi connectivity index (χ3v) is 3.63. The number of hydrogen-bond acceptors (Lipinski definition) is 5. The number of aryl methyl sites for hydroxylation is 2. The van der Waals surface area contributed by atoms with Crippen LogP contribution in [0.1, 0.15) is 17.1 Å². The summed E-state index contributed by atoms with van der Waals surface area (Å²) >= 11 is 0. The molecule has 0 radical (unpaired) electrons. The van der Waals surface area contributed by atoms with Crippen LogP contribution in [0.25, 0.3) is 16.9 Å². The molecule has 118 valence electrons. The first-order chi connectivity index (χ1) is 11.0. The van der Waals surface area contributed by atoms with E-state index in [0.717, 1.165) is 16.9 Å². The largest absolute Gasteiger partial charge is 0.508 e. The average Bonchev–Trinajstić information content (AvgIpc) is 3.11. The molecule has 0 spiro atoms. The van der Waals surface area contributed by atoms with Crippen molar-refractivity contribution in [3.63, 3.8) is 0 Å². The molecule has 0 saturated heterocycles. The summed E-state index contributed by atoms with van der Waals surface area (Å²) in [6, 6.07) is 10.4. The molecule has 3 rings (SSSR count). The molecule has 0 aliphatic heterocycles. The van der Waals surface area contributed by atoms with E-state index in [1.54, 1.807) is 37.3 Å². The van der Waals surface area contributed by atoms with Gasteiger partial charge in [-0.25, -0.2) is 0 Å². The molecule has 0 fully saturated rings. The Hall–Kier alpha value is -3.22. The number of hydrogen-bond donors (Lipinski definition) is 3. The molecule has 0 aliphatic carbocycles. The van der Waals surface area contributed by atoms with Gasteiger partial charge in [-0.1, -0.05) is 10.3 Å². The van der Waals surface area contributed by atoms with Gasteiger partial charge in [0.2, 0.25) is 0 Å². The summed E-state index contributed by atoms with van der Waals surface area (Å²) in [5.74, 6) is 0.779. The van der Waals surface area contributed by atoms with Gasteiger partial charge in [0, 0.05) is 0 Å². The minimum absolute atomic E-state index is 0.0185. The topological polar surface area (TPSA) is 110 Å². The Balaban J connectivity index is 2.30. The number of benzene rings is 1. The molecule has 4 N–H and O–H groups in total. The predicted octanol–water partition coefficient (Wildman–Crippen LogP) is 2.55. The van der Waals surface area contributed by atoms with Crippen LogP contribution in [0.4, 0.5) is 0 Å². The maximum absolute atomic E-state index is 9.47. The number of aromatic hydroxyl groups is 1. The first-order valence-electron chi connectivity index (χ1n) is 6.95. The Kier molecular flexibility index (Phi) is 3.53. The Morgan fingerprint density at radius 3 is 2.43 bits per heavy atom. The maximum atomic E-state index is 9.47. The van der Waals surface area contributed by atoms with Crippen molar-refractivity contribution in [2.24, 2.45) is 10.9 Å². The summed E-state index contributed by atoms with van der Waals surface area (Å²) in [6.07, 6.45) is 0. The van der Waals surface area contributed by atoms with Crippen LogP contribution in [0.5, 0.6) is 5.75 Å². The van der Waals surface area contributed by atoms with Crippen LogP contribution in [0.2, 0.25) is 0 Å². The normalized spacial score (nSPS) is 11.8. The van der Waals surface area contributed by atoms with Gasteiger partial charge in [0.05, 0.1) is 11.4 Å². The quantitative estimate of drug-likeness (QED) is 0.298. The van der Waals surface area contributed by atoms with E-state index in [2.05, 4.69) is 10.3 Å². The number of amidine groups is 1. The number of aromatic nitrogens is 2. The van der Waals surface area contributed by atoms with Crippen LogP contribution < -0.4 is 5.73 Å². The molecule has 23 heavy (non-hydrogen) atoms. The predicted molar refractivity (Wildman–Crippen MR) is 84.9 cm³/mol. The second-order valence-corrected chi connectivity index (χ2v) is 5.14. The van der Waals surface area contributed by atoms with Crippen molar-refractivity contribution >= 4 is 5.84 Å². The standard InChI is InChI=1S/C16H16N4O3/c1-9-15(10(2)23-19-9)20-13(7-8-14(20)16(17)18-22)11-3-5-12(21)6-4-11/h3-8,21-22H,1-2H3,(H2,17,18). The average molecular weight is 312 g/mol. The van der Waals surface area contributed by atoms with Crippen LogP contribution in [0, 0.1) is 13.8 Å². The van der Waals surface area contributed by atoms with Crippen molar-refractivity contribution in [3.05, 3.63) is 53.5 Å². The minimum Gasteiger partial charge on any atom is -0.508 e. The second kappa shape index (κ2) is 5.53. The van der Waals surface area contributed by atoms with Crippen molar-refractivity contribution in [1.29, 1.82) is 0 Å². The molecule has 7 nitrogen and oxygen atoms in total. The van der Waals surface area contributed by atoms with E-state index in [1.165, 1.54) is 0 Å². The highest BCUT2D eigenvalue weighted by Gasteiger charge is 2.20. The number of nitrogens with zero attached hydrogens (tertiary/aromatic N) is 3. The van der Waals surface area contributed by atoms with Crippen LogP contribution in [0.3, 0.4) is 0 Å². The number of nitrogens with two attached hydrogens (primary N) is 1. The Bertz CT molecular complexity index is 856. The second-order valence-electron chi connectivity index (χ2n) is 5.14. The summed E-state index contributed by atoms with van der Waals surface area (Å²) < 4.78 is 7.07. The van der Waals surface area contributed by atoms with Crippen molar-refractivity contribution in [2.75, 3.05) is 0 Å². The van der Waals surface area contributed by atoms with E-state index < -0.39 is 0 Å². The van der Waals surface area contributed by atoms with E-state index in [9.17, 15) is 5.11 Å². The van der Waals surface area contributed by atoms with Crippen molar-refractivity contribution in [3.8, 4) is 22.7 Å². The lowest BCUT2D eigenvalue weighted by molar-refractivity contribution is 0.318. The molecule has 1 aromatic carbocycles. The van der Waals surface area contributed by atoms with E-state index in [0.29, 0.717) is 17.1 Å². The zero-order chi connectivity index (χ0) is 16.6. The van der Waals surface area contributed by atoms with Crippen molar-refractivity contribution in [2.45, 2.75) is 13.8 Å². The van der Waals surface area contributed by atoms with Gasteiger partial charge in [0.25, 0.3) is 0 Å². The molecule has 0 aliphatic rings. The fourth-order valence-electron chi connectivity index (χ4n) is 2.58. The van der Waals surface area contributed by atoms with Gasteiger partial charge in [-0.15, -0.1) is 0 Å². The molecule has 0 unspecified atom stereocenters. The third-order valence-electron chi connectivity index (χ3n) is 3.63. The summed E-state index contributed by atoms with van der Waals surface area (Å²) in [4.78, 5) is 0. The zero-order valence-corrected chi connectivity index (χ0v) is 12.7. The first kappa shape index (κ1) is 14.7.